The first-order valence-corrected chi connectivity index (χ1v) is 5.96. The van der Waals surface area contributed by atoms with E-state index in [9.17, 15) is 9.59 Å². The van der Waals surface area contributed by atoms with E-state index in [1.54, 1.807) is 24.0 Å². The standard InChI is InChI=1S/C13H16N2O4/c1-8-10(4-5-11(14-8)18-2)15-7-9(6-12(15)16)13(17)19-3/h4-5,9H,6-7H2,1-3H3. The zero-order valence-electron chi connectivity index (χ0n) is 11.2. The predicted octanol–water partition coefficient (Wildman–Crippen LogP) is 0.925. The summed E-state index contributed by atoms with van der Waals surface area (Å²) in [6.45, 7) is 2.14. The Hall–Kier alpha value is -2.11. The van der Waals surface area contributed by atoms with Crippen molar-refractivity contribution >= 4 is 17.6 Å². The Balaban J connectivity index is 2.23. The van der Waals surface area contributed by atoms with E-state index in [1.165, 1.54) is 14.2 Å². The fraction of sp³-hybridized carbons (Fsp3) is 0.462. The molecule has 1 amide bonds. The Kier molecular flexibility index (Phi) is 3.69. The average Bonchev–Trinajstić information content (AvgIpc) is 2.79. The lowest BCUT2D eigenvalue weighted by atomic mass is 10.1. The number of aromatic nitrogens is 1. The molecule has 1 unspecified atom stereocenters. The molecule has 19 heavy (non-hydrogen) atoms. The minimum Gasteiger partial charge on any atom is -0.481 e. The van der Waals surface area contributed by atoms with Gasteiger partial charge in [0.05, 0.1) is 31.5 Å². The van der Waals surface area contributed by atoms with Gasteiger partial charge in [0.2, 0.25) is 11.8 Å². The Morgan fingerprint density at radius 1 is 1.42 bits per heavy atom. The summed E-state index contributed by atoms with van der Waals surface area (Å²) in [6, 6.07) is 3.47. The minimum atomic E-state index is -0.404. The first kappa shape index (κ1) is 13.3. The molecule has 1 aliphatic heterocycles. The number of rotatable bonds is 3. The highest BCUT2D eigenvalue weighted by molar-refractivity contribution is 5.99. The number of nitrogens with zero attached hydrogens (tertiary/aromatic N) is 2. The fourth-order valence-electron chi connectivity index (χ4n) is 2.19. The number of anilines is 1. The maximum absolute atomic E-state index is 12.0. The normalized spacial score (nSPS) is 18.6. The van der Waals surface area contributed by atoms with Crippen molar-refractivity contribution in [3.05, 3.63) is 17.8 Å². The van der Waals surface area contributed by atoms with Crippen LogP contribution in [0.25, 0.3) is 0 Å². The number of hydrogen-bond donors (Lipinski definition) is 0. The summed E-state index contributed by atoms with van der Waals surface area (Å²) in [7, 11) is 2.87. The zero-order chi connectivity index (χ0) is 14.0. The van der Waals surface area contributed by atoms with Crippen LogP contribution in [0.15, 0.2) is 12.1 Å². The van der Waals surface area contributed by atoms with Gasteiger partial charge in [0, 0.05) is 19.0 Å². The van der Waals surface area contributed by atoms with Crippen LogP contribution in [0.3, 0.4) is 0 Å². The van der Waals surface area contributed by atoms with Crippen LogP contribution in [-0.4, -0.2) is 37.6 Å². The second-order valence-corrected chi connectivity index (χ2v) is 4.39. The van der Waals surface area contributed by atoms with Crippen LogP contribution < -0.4 is 9.64 Å². The summed E-state index contributed by atoms with van der Waals surface area (Å²) in [5.41, 5.74) is 1.40. The van der Waals surface area contributed by atoms with Crippen molar-refractivity contribution in [1.82, 2.24) is 4.98 Å². The largest absolute Gasteiger partial charge is 0.481 e. The quantitative estimate of drug-likeness (QED) is 0.759. The Morgan fingerprint density at radius 2 is 2.16 bits per heavy atom. The van der Waals surface area contributed by atoms with Crippen LogP contribution in [0, 0.1) is 12.8 Å². The Labute approximate surface area is 111 Å². The van der Waals surface area contributed by atoms with Crippen LogP contribution in [0.1, 0.15) is 12.1 Å². The van der Waals surface area contributed by atoms with Crippen LogP contribution in [0.5, 0.6) is 5.88 Å². The summed E-state index contributed by atoms with van der Waals surface area (Å²) in [4.78, 5) is 29.3. The molecule has 2 rings (SSSR count). The molecule has 1 fully saturated rings. The third-order valence-corrected chi connectivity index (χ3v) is 3.19. The molecule has 0 N–H and O–H groups in total. The average molecular weight is 264 g/mol. The maximum Gasteiger partial charge on any atom is 0.311 e. The van der Waals surface area contributed by atoms with Gasteiger partial charge in [-0.2, -0.15) is 0 Å². The summed E-state index contributed by atoms with van der Waals surface area (Å²) in [6.07, 6.45) is 0.179. The fourth-order valence-corrected chi connectivity index (χ4v) is 2.19. The van der Waals surface area contributed by atoms with Crippen molar-refractivity contribution in [2.45, 2.75) is 13.3 Å². The van der Waals surface area contributed by atoms with E-state index in [4.69, 9.17) is 4.74 Å². The van der Waals surface area contributed by atoms with E-state index >= 15 is 0 Å². The number of esters is 1. The van der Waals surface area contributed by atoms with Gasteiger partial charge in [-0.25, -0.2) is 4.98 Å². The van der Waals surface area contributed by atoms with Gasteiger partial charge in [0.1, 0.15) is 0 Å². The van der Waals surface area contributed by atoms with Gasteiger partial charge in [-0.15, -0.1) is 0 Å². The SMILES string of the molecule is COC(=O)C1CC(=O)N(c2ccc(OC)nc2C)C1. The molecule has 0 radical (unpaired) electrons. The molecule has 1 saturated heterocycles. The molecular weight excluding hydrogens is 248 g/mol. The Morgan fingerprint density at radius 3 is 2.74 bits per heavy atom. The molecular formula is C13H16N2O4. The predicted molar refractivity (Wildman–Crippen MR) is 68.0 cm³/mol. The highest BCUT2D eigenvalue weighted by Gasteiger charge is 2.36. The monoisotopic (exact) mass is 264 g/mol. The minimum absolute atomic E-state index is 0.0922. The summed E-state index contributed by atoms with van der Waals surface area (Å²) in [5, 5.41) is 0. The molecule has 0 bridgehead atoms. The highest BCUT2D eigenvalue weighted by Crippen LogP contribution is 2.28. The number of methoxy groups -OCH3 is 2. The van der Waals surface area contributed by atoms with E-state index in [0.29, 0.717) is 23.8 Å². The smallest absolute Gasteiger partial charge is 0.311 e. The van der Waals surface area contributed by atoms with Gasteiger partial charge in [-0.05, 0) is 13.0 Å². The lowest BCUT2D eigenvalue weighted by molar-refractivity contribution is -0.145. The van der Waals surface area contributed by atoms with Gasteiger partial charge < -0.3 is 14.4 Å². The van der Waals surface area contributed by atoms with Crippen LogP contribution in [0.2, 0.25) is 0 Å². The zero-order valence-corrected chi connectivity index (χ0v) is 11.2. The number of hydrogen-bond acceptors (Lipinski definition) is 5. The lowest BCUT2D eigenvalue weighted by Crippen LogP contribution is -2.27. The summed E-state index contributed by atoms with van der Waals surface area (Å²) >= 11 is 0. The third-order valence-electron chi connectivity index (χ3n) is 3.19. The third kappa shape index (κ3) is 2.52. The Bertz CT molecular complexity index is 515. The van der Waals surface area contributed by atoms with Gasteiger partial charge in [-0.1, -0.05) is 0 Å². The second-order valence-electron chi connectivity index (χ2n) is 4.39. The van der Waals surface area contributed by atoms with Gasteiger partial charge in [0.15, 0.2) is 0 Å². The molecule has 102 valence electrons. The van der Waals surface area contributed by atoms with Crippen LogP contribution in [-0.2, 0) is 14.3 Å². The van der Waals surface area contributed by atoms with Crippen LogP contribution in [0.4, 0.5) is 5.69 Å². The van der Waals surface area contributed by atoms with E-state index in [2.05, 4.69) is 9.72 Å². The first-order chi connectivity index (χ1) is 9.06. The molecule has 0 spiro atoms. The van der Waals surface area contributed by atoms with Crippen molar-refractivity contribution < 1.29 is 19.1 Å². The van der Waals surface area contributed by atoms with Crippen molar-refractivity contribution in [3.63, 3.8) is 0 Å². The number of ether oxygens (including phenoxy) is 2. The number of amides is 1. The number of carbonyl (C=O) groups excluding carboxylic acids is 2. The molecule has 1 aliphatic rings. The topological polar surface area (TPSA) is 68.7 Å². The molecule has 6 heteroatoms. The van der Waals surface area contributed by atoms with E-state index in [0.717, 1.165) is 0 Å². The molecule has 0 saturated carbocycles. The second kappa shape index (κ2) is 5.26. The van der Waals surface area contributed by atoms with Gasteiger partial charge in [0.25, 0.3) is 0 Å². The lowest BCUT2D eigenvalue weighted by Gasteiger charge is -2.18. The molecule has 1 aromatic rings. The van der Waals surface area contributed by atoms with Crippen molar-refractivity contribution in [2.75, 3.05) is 25.7 Å². The number of carbonyl (C=O) groups is 2. The molecule has 2 heterocycles. The molecule has 0 aliphatic carbocycles. The van der Waals surface area contributed by atoms with Gasteiger partial charge >= 0.3 is 5.97 Å². The van der Waals surface area contributed by atoms with Crippen molar-refractivity contribution in [1.29, 1.82) is 0 Å². The molecule has 1 aromatic heterocycles. The molecule has 0 aromatic carbocycles. The maximum atomic E-state index is 12.0. The summed E-state index contributed by atoms with van der Waals surface area (Å²) in [5.74, 6) is -0.350. The van der Waals surface area contributed by atoms with Crippen molar-refractivity contribution in [3.8, 4) is 5.88 Å². The van der Waals surface area contributed by atoms with Crippen LogP contribution >= 0.6 is 0 Å². The van der Waals surface area contributed by atoms with Gasteiger partial charge in [-0.3, -0.25) is 9.59 Å². The molecule has 6 nitrogen and oxygen atoms in total. The summed E-state index contributed by atoms with van der Waals surface area (Å²) < 4.78 is 9.71. The van der Waals surface area contributed by atoms with Crippen molar-refractivity contribution in [2.24, 2.45) is 5.92 Å². The first-order valence-electron chi connectivity index (χ1n) is 5.96. The highest BCUT2D eigenvalue weighted by atomic mass is 16.5. The number of pyridine rings is 1. The van der Waals surface area contributed by atoms with E-state index < -0.39 is 5.92 Å². The van der Waals surface area contributed by atoms with E-state index in [1.807, 2.05) is 0 Å². The van der Waals surface area contributed by atoms with E-state index in [-0.39, 0.29) is 18.3 Å². The number of aryl methyl sites for hydroxylation is 1. The molecule has 1 atom stereocenters.